The first-order valence-electron chi connectivity index (χ1n) is 6.35. The summed E-state index contributed by atoms with van der Waals surface area (Å²) in [4.78, 5) is 31.1. The van der Waals surface area contributed by atoms with Gasteiger partial charge in [-0.15, -0.1) is 0 Å². The minimum atomic E-state index is -0.545. The highest BCUT2D eigenvalue weighted by molar-refractivity contribution is 5.90. The number of nitrogens with zero attached hydrogens (tertiary/aromatic N) is 2. The van der Waals surface area contributed by atoms with Crippen LogP contribution in [0.1, 0.15) is 27.6 Å². The summed E-state index contributed by atoms with van der Waals surface area (Å²) in [5.41, 5.74) is 0.801. The van der Waals surface area contributed by atoms with Crippen molar-refractivity contribution >= 4 is 11.9 Å². The van der Waals surface area contributed by atoms with Gasteiger partial charge in [0.15, 0.2) is 0 Å². The van der Waals surface area contributed by atoms with Crippen LogP contribution >= 0.6 is 0 Å². The number of hydrogen-bond donors (Lipinski definition) is 0. The molecule has 0 saturated carbocycles. The van der Waals surface area contributed by atoms with Crippen LogP contribution in [-0.2, 0) is 9.47 Å². The molecule has 21 heavy (non-hydrogen) atoms. The second-order valence-electron chi connectivity index (χ2n) is 4.29. The van der Waals surface area contributed by atoms with Gasteiger partial charge < -0.3 is 9.47 Å². The molecule has 0 amide bonds. The Morgan fingerprint density at radius 1 is 0.952 bits per heavy atom. The third kappa shape index (κ3) is 4.38. The lowest BCUT2D eigenvalue weighted by Crippen LogP contribution is -2.22. The van der Waals surface area contributed by atoms with E-state index in [1.54, 1.807) is 31.2 Å². The van der Waals surface area contributed by atoms with Crippen LogP contribution in [0.4, 0.5) is 0 Å². The summed E-state index contributed by atoms with van der Waals surface area (Å²) in [6.07, 6.45) is 5.47. The Balaban J connectivity index is 1.81. The molecule has 0 radical (unpaired) electrons. The maximum Gasteiger partial charge on any atom is 0.338 e. The smallest absolute Gasteiger partial charge is 0.338 e. The Kier molecular flexibility index (Phi) is 4.98. The first-order chi connectivity index (χ1) is 10.2. The summed E-state index contributed by atoms with van der Waals surface area (Å²) in [5.74, 6) is -0.964. The molecule has 0 aliphatic rings. The van der Waals surface area contributed by atoms with Gasteiger partial charge in [0.2, 0.25) is 0 Å². The van der Waals surface area contributed by atoms with Crippen LogP contribution in [0.2, 0.25) is 0 Å². The first kappa shape index (κ1) is 14.6. The summed E-state index contributed by atoms with van der Waals surface area (Å²) in [7, 11) is 0. The van der Waals surface area contributed by atoms with Crippen LogP contribution in [0.5, 0.6) is 0 Å². The topological polar surface area (TPSA) is 78.4 Å². The summed E-state index contributed by atoms with van der Waals surface area (Å²) in [5, 5.41) is 0. The number of carbonyl (C=O) groups is 2. The zero-order chi connectivity index (χ0) is 15.1. The van der Waals surface area contributed by atoms with E-state index in [1.165, 1.54) is 24.8 Å². The largest absolute Gasteiger partial charge is 0.458 e. The number of carbonyl (C=O) groups excluding carboxylic acids is 2. The van der Waals surface area contributed by atoms with Gasteiger partial charge in [0, 0.05) is 24.8 Å². The van der Waals surface area contributed by atoms with Crippen molar-refractivity contribution in [3.63, 3.8) is 0 Å². The van der Waals surface area contributed by atoms with Crippen molar-refractivity contribution in [3.05, 3.63) is 60.2 Å². The lowest BCUT2D eigenvalue weighted by atomic mass is 10.3. The summed E-state index contributed by atoms with van der Waals surface area (Å²) >= 11 is 0. The average Bonchev–Trinajstić information content (AvgIpc) is 2.54. The van der Waals surface area contributed by atoms with Crippen molar-refractivity contribution in [2.75, 3.05) is 6.61 Å². The van der Waals surface area contributed by atoms with Crippen LogP contribution < -0.4 is 0 Å². The van der Waals surface area contributed by atoms with Crippen LogP contribution in [0.25, 0.3) is 0 Å². The summed E-state index contributed by atoms with van der Waals surface area (Å²) < 4.78 is 10.2. The molecule has 0 spiro atoms. The predicted octanol–water partition coefficient (Wildman–Crippen LogP) is 1.88. The van der Waals surface area contributed by atoms with Crippen molar-refractivity contribution in [3.8, 4) is 0 Å². The zero-order valence-electron chi connectivity index (χ0n) is 11.4. The van der Waals surface area contributed by atoms with Gasteiger partial charge in [-0.25, -0.2) is 9.59 Å². The van der Waals surface area contributed by atoms with E-state index in [4.69, 9.17) is 9.47 Å². The molecule has 108 valence electrons. The van der Waals surface area contributed by atoms with Gasteiger partial charge >= 0.3 is 11.9 Å². The third-order valence-electron chi connectivity index (χ3n) is 2.59. The molecule has 2 aromatic rings. The third-order valence-corrected chi connectivity index (χ3v) is 2.59. The first-order valence-corrected chi connectivity index (χ1v) is 6.35. The highest BCUT2D eigenvalue weighted by Gasteiger charge is 2.14. The van der Waals surface area contributed by atoms with E-state index in [1.807, 2.05) is 0 Å². The van der Waals surface area contributed by atoms with Gasteiger partial charge in [0.25, 0.3) is 0 Å². The Hall–Kier alpha value is -2.76. The SMILES string of the molecule is C[C@H](COC(=O)c1ccncc1)OC(=O)c1ccncc1. The van der Waals surface area contributed by atoms with E-state index in [2.05, 4.69) is 9.97 Å². The van der Waals surface area contributed by atoms with Gasteiger partial charge in [0.1, 0.15) is 12.7 Å². The van der Waals surface area contributed by atoms with Crippen LogP contribution in [0.15, 0.2) is 49.1 Å². The van der Waals surface area contributed by atoms with E-state index in [-0.39, 0.29) is 6.61 Å². The zero-order valence-corrected chi connectivity index (χ0v) is 11.4. The van der Waals surface area contributed by atoms with E-state index in [0.29, 0.717) is 11.1 Å². The fraction of sp³-hybridized carbons (Fsp3) is 0.200. The molecule has 6 heteroatoms. The van der Waals surface area contributed by atoms with Crippen molar-refractivity contribution in [1.29, 1.82) is 0 Å². The molecule has 6 nitrogen and oxygen atoms in total. The molecule has 0 aliphatic carbocycles. The van der Waals surface area contributed by atoms with Crippen LogP contribution in [0, 0.1) is 0 Å². The maximum atomic E-state index is 11.8. The Morgan fingerprint density at radius 3 is 1.95 bits per heavy atom. The van der Waals surface area contributed by atoms with Gasteiger partial charge in [-0.2, -0.15) is 0 Å². The molecule has 1 atom stereocenters. The molecule has 2 rings (SSSR count). The van der Waals surface area contributed by atoms with Crippen molar-refractivity contribution < 1.29 is 19.1 Å². The lowest BCUT2D eigenvalue weighted by Gasteiger charge is -2.13. The van der Waals surface area contributed by atoms with Crippen LogP contribution in [0.3, 0.4) is 0 Å². The van der Waals surface area contributed by atoms with Crippen LogP contribution in [-0.4, -0.2) is 34.6 Å². The summed E-state index contributed by atoms with van der Waals surface area (Å²) in [6, 6.07) is 6.21. The van der Waals surface area contributed by atoms with Gasteiger partial charge in [-0.1, -0.05) is 0 Å². The van der Waals surface area contributed by atoms with Gasteiger partial charge in [-0.3, -0.25) is 9.97 Å². The quantitative estimate of drug-likeness (QED) is 0.781. The molecule has 0 unspecified atom stereocenters. The molecule has 0 aliphatic heterocycles. The number of pyridine rings is 2. The minimum Gasteiger partial charge on any atom is -0.458 e. The van der Waals surface area contributed by atoms with E-state index >= 15 is 0 Å². The Bertz CT molecular complexity index is 602. The number of hydrogen-bond acceptors (Lipinski definition) is 6. The second-order valence-corrected chi connectivity index (χ2v) is 4.29. The molecule has 0 saturated heterocycles. The Labute approximate surface area is 121 Å². The standard InChI is InChI=1S/C15H14N2O4/c1-11(21-15(19)13-4-8-17-9-5-13)10-20-14(18)12-2-6-16-7-3-12/h2-9,11H,10H2,1H3/t11-/m1/s1. The molecular weight excluding hydrogens is 272 g/mol. The number of esters is 2. The average molecular weight is 286 g/mol. The van der Waals surface area contributed by atoms with Gasteiger partial charge in [-0.05, 0) is 31.2 Å². The fourth-order valence-electron chi connectivity index (χ4n) is 1.54. The molecule has 0 aromatic carbocycles. The van der Waals surface area contributed by atoms with Crippen molar-refractivity contribution in [1.82, 2.24) is 9.97 Å². The monoisotopic (exact) mass is 286 g/mol. The molecule has 0 fully saturated rings. The predicted molar refractivity (Wildman–Crippen MR) is 73.6 cm³/mol. The number of aromatic nitrogens is 2. The fourth-order valence-corrected chi connectivity index (χ4v) is 1.54. The molecule has 2 heterocycles. The maximum absolute atomic E-state index is 11.8. The number of ether oxygens (including phenoxy) is 2. The minimum absolute atomic E-state index is 0.0159. The summed E-state index contributed by atoms with van der Waals surface area (Å²) in [6.45, 7) is 1.64. The Morgan fingerprint density at radius 2 is 1.43 bits per heavy atom. The van der Waals surface area contributed by atoms with E-state index in [0.717, 1.165) is 0 Å². The highest BCUT2D eigenvalue weighted by atomic mass is 16.6. The molecule has 0 N–H and O–H groups in total. The molecular formula is C15H14N2O4. The highest BCUT2D eigenvalue weighted by Crippen LogP contribution is 2.05. The second kappa shape index (κ2) is 7.14. The molecule has 2 aromatic heterocycles. The van der Waals surface area contributed by atoms with Crippen molar-refractivity contribution in [2.45, 2.75) is 13.0 Å². The van der Waals surface area contributed by atoms with E-state index in [9.17, 15) is 9.59 Å². The van der Waals surface area contributed by atoms with E-state index < -0.39 is 18.0 Å². The van der Waals surface area contributed by atoms with Crippen molar-refractivity contribution in [2.24, 2.45) is 0 Å². The lowest BCUT2D eigenvalue weighted by molar-refractivity contribution is 0.00447. The number of rotatable bonds is 5. The van der Waals surface area contributed by atoms with Gasteiger partial charge in [0.05, 0.1) is 11.1 Å². The molecule has 0 bridgehead atoms. The normalized spacial score (nSPS) is 11.5.